The second-order valence-electron chi connectivity index (χ2n) is 10.2. The van der Waals surface area contributed by atoms with E-state index in [1.165, 1.54) is 140 Å². The molecule has 3 heteroatoms. The first-order chi connectivity index (χ1) is 17.4. The van der Waals surface area contributed by atoms with Crippen LogP contribution in [0.5, 0.6) is 0 Å². The van der Waals surface area contributed by atoms with Crippen LogP contribution in [0.15, 0.2) is 61.2 Å². The lowest BCUT2D eigenvalue weighted by molar-refractivity contribution is -0.697. The summed E-state index contributed by atoms with van der Waals surface area (Å²) >= 11 is 2.20. The van der Waals surface area contributed by atoms with E-state index in [0.717, 1.165) is 0 Å². The SMILES string of the molecule is c1cc[n+](CCCCCCCCCCCSCCCCCCCCCCC[n+]2ccccc2)cc1. The Morgan fingerprint density at radius 2 is 0.600 bits per heavy atom. The topological polar surface area (TPSA) is 7.76 Å². The van der Waals surface area contributed by atoms with Gasteiger partial charge < -0.3 is 0 Å². The normalized spacial score (nSPS) is 11.2. The van der Waals surface area contributed by atoms with Gasteiger partial charge in [0.1, 0.15) is 13.1 Å². The minimum Gasteiger partial charge on any atom is -0.205 e. The van der Waals surface area contributed by atoms with Gasteiger partial charge in [-0.1, -0.05) is 89.2 Å². The number of rotatable bonds is 24. The summed E-state index contributed by atoms with van der Waals surface area (Å²) in [5, 5.41) is 0. The van der Waals surface area contributed by atoms with Crippen molar-refractivity contribution in [3.8, 4) is 0 Å². The maximum atomic E-state index is 2.30. The number of hydrogen-bond acceptors (Lipinski definition) is 1. The molecule has 0 aliphatic heterocycles. The third-order valence-corrected chi connectivity index (χ3v) is 8.12. The Morgan fingerprint density at radius 3 is 0.943 bits per heavy atom. The van der Waals surface area contributed by atoms with E-state index in [0.29, 0.717) is 0 Å². The van der Waals surface area contributed by atoms with Gasteiger partial charge in [-0.15, -0.1) is 0 Å². The van der Waals surface area contributed by atoms with Crippen molar-refractivity contribution >= 4 is 11.8 Å². The molecule has 35 heavy (non-hydrogen) atoms. The molecule has 0 spiro atoms. The van der Waals surface area contributed by atoms with Crippen LogP contribution >= 0.6 is 11.8 Å². The molecule has 2 aromatic rings. The number of pyridine rings is 2. The molecule has 2 aromatic heterocycles. The van der Waals surface area contributed by atoms with Crippen molar-refractivity contribution in [2.45, 2.75) is 129 Å². The van der Waals surface area contributed by atoms with Gasteiger partial charge in [0.15, 0.2) is 24.8 Å². The summed E-state index contributed by atoms with van der Waals surface area (Å²) in [6.45, 7) is 2.35. The van der Waals surface area contributed by atoms with Crippen molar-refractivity contribution in [3.05, 3.63) is 61.2 Å². The van der Waals surface area contributed by atoms with Crippen LogP contribution in [0.2, 0.25) is 0 Å². The Balaban J connectivity index is 1.18. The van der Waals surface area contributed by atoms with Crippen LogP contribution < -0.4 is 9.13 Å². The molecule has 196 valence electrons. The lowest BCUT2D eigenvalue weighted by atomic mass is 10.1. The average molecular weight is 499 g/mol. The summed E-state index contributed by atoms with van der Waals surface area (Å²) < 4.78 is 4.60. The zero-order valence-electron chi connectivity index (χ0n) is 22.6. The first kappa shape index (κ1) is 29.9. The highest BCUT2D eigenvalue weighted by molar-refractivity contribution is 7.99. The molecule has 0 saturated carbocycles. The van der Waals surface area contributed by atoms with Gasteiger partial charge in [0.2, 0.25) is 0 Å². The lowest BCUT2D eigenvalue weighted by Crippen LogP contribution is -2.32. The van der Waals surface area contributed by atoms with Crippen LogP contribution in [0.3, 0.4) is 0 Å². The molecule has 0 aliphatic rings. The van der Waals surface area contributed by atoms with E-state index in [-0.39, 0.29) is 0 Å². The Morgan fingerprint density at radius 1 is 0.314 bits per heavy atom. The van der Waals surface area contributed by atoms with Crippen molar-refractivity contribution in [1.29, 1.82) is 0 Å². The Hall–Kier alpha value is -1.35. The molecule has 0 atom stereocenters. The van der Waals surface area contributed by atoms with E-state index in [4.69, 9.17) is 0 Å². The summed E-state index contributed by atoms with van der Waals surface area (Å²) in [6.07, 6.45) is 34.2. The largest absolute Gasteiger partial charge is 0.205 e. The van der Waals surface area contributed by atoms with Crippen LogP contribution in [-0.2, 0) is 13.1 Å². The van der Waals surface area contributed by atoms with Crippen molar-refractivity contribution in [2.24, 2.45) is 0 Å². The average Bonchev–Trinajstić information content (AvgIpc) is 2.90. The van der Waals surface area contributed by atoms with Crippen LogP contribution in [-0.4, -0.2) is 11.5 Å². The molecule has 2 nitrogen and oxygen atoms in total. The molecule has 2 heterocycles. The molecule has 0 fully saturated rings. The first-order valence-electron chi connectivity index (χ1n) is 14.9. The molecule has 2 rings (SSSR count). The second kappa shape index (κ2) is 23.1. The van der Waals surface area contributed by atoms with Gasteiger partial charge in [-0.3, -0.25) is 0 Å². The zero-order chi connectivity index (χ0) is 24.5. The third kappa shape index (κ3) is 18.6. The smallest absolute Gasteiger partial charge is 0.168 e. The van der Waals surface area contributed by atoms with Crippen molar-refractivity contribution in [3.63, 3.8) is 0 Å². The summed E-state index contributed by atoms with van der Waals surface area (Å²) in [6, 6.07) is 12.7. The van der Waals surface area contributed by atoms with Gasteiger partial charge >= 0.3 is 0 Å². The fourth-order valence-corrected chi connectivity index (χ4v) is 5.76. The van der Waals surface area contributed by atoms with Crippen LogP contribution in [0.4, 0.5) is 0 Å². The minimum atomic E-state index is 1.17. The van der Waals surface area contributed by atoms with Crippen molar-refractivity contribution in [2.75, 3.05) is 11.5 Å². The van der Waals surface area contributed by atoms with E-state index < -0.39 is 0 Å². The van der Waals surface area contributed by atoms with E-state index in [1.54, 1.807) is 0 Å². The highest BCUT2D eigenvalue weighted by Crippen LogP contribution is 2.15. The van der Waals surface area contributed by atoms with Gasteiger partial charge in [0.05, 0.1) is 0 Å². The summed E-state index contributed by atoms with van der Waals surface area (Å²) in [4.78, 5) is 0. The van der Waals surface area contributed by atoms with E-state index in [1.807, 2.05) is 0 Å². The molecule has 0 aromatic carbocycles. The number of nitrogens with zero attached hydrogens (tertiary/aromatic N) is 2. The maximum Gasteiger partial charge on any atom is 0.168 e. The van der Waals surface area contributed by atoms with E-state index in [2.05, 4.69) is 82.1 Å². The summed E-state index contributed by atoms with van der Waals surface area (Å²) in [7, 11) is 0. The molecule has 0 bridgehead atoms. The van der Waals surface area contributed by atoms with Gasteiger partial charge in [-0.05, 0) is 37.2 Å². The molecule has 0 aliphatic carbocycles. The van der Waals surface area contributed by atoms with Gasteiger partial charge in [-0.2, -0.15) is 11.8 Å². The molecule has 0 unspecified atom stereocenters. The Kier molecular flexibility index (Phi) is 19.7. The van der Waals surface area contributed by atoms with Gasteiger partial charge in [-0.25, -0.2) is 9.13 Å². The summed E-state index contributed by atoms with van der Waals surface area (Å²) in [5.74, 6) is 2.77. The highest BCUT2D eigenvalue weighted by Gasteiger charge is 1.99. The molecular weight excluding hydrogens is 444 g/mol. The molecule has 0 N–H and O–H groups in total. The van der Waals surface area contributed by atoms with Gasteiger partial charge in [0, 0.05) is 37.1 Å². The predicted octanol–water partition coefficient (Wildman–Crippen LogP) is 8.72. The third-order valence-electron chi connectivity index (χ3n) is 6.96. The fraction of sp³-hybridized carbons (Fsp3) is 0.688. The number of thioether (sulfide) groups is 1. The van der Waals surface area contributed by atoms with Crippen LogP contribution in [0.25, 0.3) is 0 Å². The predicted molar refractivity (Wildman–Crippen MR) is 154 cm³/mol. The van der Waals surface area contributed by atoms with Crippen molar-refractivity contribution in [1.82, 2.24) is 0 Å². The number of hydrogen-bond donors (Lipinski definition) is 0. The molecule has 0 radical (unpaired) electrons. The molecule has 0 amide bonds. The standard InChI is InChI=1S/C32H54N2S/c1(3-7-11-17-25-33-27-19-15-20-28-33)5-9-13-23-31-35-32-24-14-10-6-2-4-8-12-18-26-34-29-21-16-22-30-34/h15-16,19-22,27-30H,1-14,17-18,23-26,31-32H2/q+2. The highest BCUT2D eigenvalue weighted by atomic mass is 32.2. The zero-order valence-corrected chi connectivity index (χ0v) is 23.4. The number of unbranched alkanes of at least 4 members (excludes halogenated alkanes) is 16. The number of aryl methyl sites for hydroxylation is 2. The van der Waals surface area contributed by atoms with Crippen LogP contribution in [0.1, 0.15) is 116 Å². The van der Waals surface area contributed by atoms with E-state index >= 15 is 0 Å². The van der Waals surface area contributed by atoms with E-state index in [9.17, 15) is 0 Å². The second-order valence-corrected chi connectivity index (χ2v) is 11.4. The quantitative estimate of drug-likeness (QED) is 0.104. The minimum absolute atomic E-state index is 1.17. The monoisotopic (exact) mass is 498 g/mol. The van der Waals surface area contributed by atoms with Crippen molar-refractivity contribution < 1.29 is 9.13 Å². The van der Waals surface area contributed by atoms with Gasteiger partial charge in [0.25, 0.3) is 0 Å². The lowest BCUT2D eigenvalue weighted by Gasteiger charge is -2.04. The molecular formula is C32H54N2S+2. The molecule has 0 saturated heterocycles. The maximum absolute atomic E-state index is 2.30. The first-order valence-corrected chi connectivity index (χ1v) is 16.1. The summed E-state index contributed by atoms with van der Waals surface area (Å²) in [5.41, 5.74) is 0. The Bertz CT molecular complexity index is 617. The number of aromatic nitrogens is 2. The fourth-order valence-electron chi connectivity index (χ4n) is 4.74. The Labute approximate surface area is 221 Å². The van der Waals surface area contributed by atoms with Crippen LogP contribution in [0, 0.1) is 0 Å².